The number of ether oxygens (including phenoxy) is 2. The number of carboxylic acids is 1. The number of hydrogen-bond donors (Lipinski definition) is 2. The average Bonchev–Trinajstić information content (AvgIpc) is 3.20. The maximum atomic E-state index is 12.9. The van der Waals surface area contributed by atoms with Gasteiger partial charge in [-0.1, -0.05) is 42.5 Å². The predicted octanol–water partition coefficient (Wildman–Crippen LogP) is 4.87. The Labute approximate surface area is 203 Å². The maximum absolute atomic E-state index is 12.9. The third-order valence-electron chi connectivity index (χ3n) is 5.03. The molecule has 1 aromatic heterocycles. The molecule has 1 unspecified atom stereocenters. The molecule has 34 heavy (non-hydrogen) atoms. The number of nitrogens with zero attached hydrogens (tertiary/aromatic N) is 1. The number of carbonyl (C=O) groups is 2. The van der Waals surface area contributed by atoms with Crippen LogP contribution in [-0.4, -0.2) is 40.8 Å². The van der Waals surface area contributed by atoms with Gasteiger partial charge in [-0.15, -0.1) is 11.3 Å². The van der Waals surface area contributed by atoms with Crippen molar-refractivity contribution >= 4 is 23.2 Å². The van der Waals surface area contributed by atoms with Crippen LogP contribution in [0.1, 0.15) is 47.3 Å². The molecule has 2 N–H and O–H groups in total. The fourth-order valence-electron chi connectivity index (χ4n) is 3.50. The van der Waals surface area contributed by atoms with Crippen molar-refractivity contribution in [1.29, 1.82) is 0 Å². The Morgan fingerprint density at radius 1 is 1.15 bits per heavy atom. The number of aromatic nitrogens is 1. The summed E-state index contributed by atoms with van der Waals surface area (Å²) in [5, 5.41) is 13.2. The largest absolute Gasteiger partial charge is 0.494 e. The van der Waals surface area contributed by atoms with Crippen molar-refractivity contribution in [2.75, 3.05) is 6.61 Å². The third kappa shape index (κ3) is 6.65. The number of benzene rings is 2. The summed E-state index contributed by atoms with van der Waals surface area (Å²) in [5.74, 6) is -0.635. The molecular formula is C26H30N2O5S. The molecule has 0 spiro atoms. The van der Waals surface area contributed by atoms with Gasteiger partial charge in [0.25, 0.3) is 5.91 Å². The van der Waals surface area contributed by atoms with Gasteiger partial charge in [0, 0.05) is 29.0 Å². The molecule has 8 heteroatoms. The topological polar surface area (TPSA) is 97.8 Å². The number of thiazole rings is 1. The van der Waals surface area contributed by atoms with Gasteiger partial charge in [-0.2, -0.15) is 0 Å². The van der Waals surface area contributed by atoms with Gasteiger partial charge < -0.3 is 19.9 Å². The van der Waals surface area contributed by atoms with E-state index in [2.05, 4.69) is 10.3 Å². The molecule has 3 aromatic rings. The monoisotopic (exact) mass is 482 g/mol. The van der Waals surface area contributed by atoms with Crippen LogP contribution in [0.15, 0.2) is 48.5 Å². The number of hydrogen-bond acceptors (Lipinski definition) is 6. The van der Waals surface area contributed by atoms with E-state index in [0.29, 0.717) is 18.1 Å². The first-order valence-electron chi connectivity index (χ1n) is 11.2. The molecule has 0 aliphatic rings. The molecule has 7 nitrogen and oxygen atoms in total. The number of carbonyl (C=O) groups excluding carboxylic acids is 1. The van der Waals surface area contributed by atoms with Gasteiger partial charge in [0.2, 0.25) is 0 Å². The van der Waals surface area contributed by atoms with Crippen LogP contribution in [-0.2, 0) is 22.5 Å². The van der Waals surface area contributed by atoms with Crippen molar-refractivity contribution in [3.63, 3.8) is 0 Å². The Morgan fingerprint density at radius 2 is 1.88 bits per heavy atom. The normalized spacial score (nSPS) is 11.9. The van der Waals surface area contributed by atoms with Gasteiger partial charge in [-0.3, -0.25) is 4.79 Å². The molecule has 0 radical (unpaired) electrons. The van der Waals surface area contributed by atoms with Crippen LogP contribution in [0.5, 0.6) is 5.75 Å². The Bertz CT molecular complexity index is 1130. The first-order valence-corrected chi connectivity index (χ1v) is 12.0. The molecule has 0 aliphatic carbocycles. The summed E-state index contributed by atoms with van der Waals surface area (Å²) in [6.07, 6.45) is -0.939. The molecule has 1 atom stereocenters. The first-order chi connectivity index (χ1) is 16.3. The van der Waals surface area contributed by atoms with Gasteiger partial charge >= 0.3 is 5.97 Å². The molecular weight excluding hydrogens is 452 g/mol. The first kappa shape index (κ1) is 25.4. The molecule has 0 bridgehead atoms. The highest BCUT2D eigenvalue weighted by molar-refractivity contribution is 7.15. The van der Waals surface area contributed by atoms with Crippen molar-refractivity contribution in [2.24, 2.45) is 0 Å². The molecule has 3 rings (SSSR count). The highest BCUT2D eigenvalue weighted by Gasteiger charge is 2.21. The summed E-state index contributed by atoms with van der Waals surface area (Å²) in [7, 11) is 0. The lowest BCUT2D eigenvalue weighted by Gasteiger charge is -2.18. The number of aryl methyl sites for hydroxylation is 1. The van der Waals surface area contributed by atoms with E-state index < -0.39 is 12.1 Å². The van der Waals surface area contributed by atoms with Gasteiger partial charge in [-0.25, -0.2) is 9.78 Å². The Balaban J connectivity index is 1.76. The number of rotatable bonds is 11. The second-order valence-electron chi connectivity index (χ2n) is 8.06. The van der Waals surface area contributed by atoms with Crippen molar-refractivity contribution < 1.29 is 24.2 Å². The van der Waals surface area contributed by atoms with Crippen LogP contribution in [0.3, 0.4) is 0 Å². The second-order valence-corrected chi connectivity index (χ2v) is 9.27. The van der Waals surface area contributed by atoms with E-state index in [0.717, 1.165) is 26.6 Å². The highest BCUT2D eigenvalue weighted by atomic mass is 32.1. The van der Waals surface area contributed by atoms with Crippen molar-refractivity contribution in [1.82, 2.24) is 10.3 Å². The van der Waals surface area contributed by atoms with E-state index in [-0.39, 0.29) is 25.0 Å². The van der Waals surface area contributed by atoms with Crippen LogP contribution >= 0.6 is 11.3 Å². The van der Waals surface area contributed by atoms with Crippen molar-refractivity contribution in [3.8, 4) is 16.3 Å². The number of nitrogens with one attached hydrogen (secondary N) is 1. The molecule has 0 saturated carbocycles. The maximum Gasteiger partial charge on any atom is 0.333 e. The van der Waals surface area contributed by atoms with Crippen LogP contribution < -0.4 is 10.1 Å². The fourth-order valence-corrected chi connectivity index (χ4v) is 4.42. The van der Waals surface area contributed by atoms with Crippen LogP contribution in [0, 0.1) is 6.92 Å². The van der Waals surface area contributed by atoms with Gasteiger partial charge in [-0.05, 0) is 39.3 Å². The van der Waals surface area contributed by atoms with E-state index in [1.165, 1.54) is 11.3 Å². The number of amides is 1. The Morgan fingerprint density at radius 3 is 2.53 bits per heavy atom. The lowest BCUT2D eigenvalue weighted by molar-refractivity contribution is -0.153. The molecule has 1 amide bonds. The molecule has 0 fully saturated rings. The number of aliphatic carboxylic acids is 1. The van der Waals surface area contributed by atoms with Gasteiger partial charge in [0.1, 0.15) is 16.5 Å². The minimum atomic E-state index is -1.01. The zero-order valence-electron chi connectivity index (χ0n) is 19.8. The minimum Gasteiger partial charge on any atom is -0.494 e. The summed E-state index contributed by atoms with van der Waals surface area (Å²) >= 11 is 1.48. The van der Waals surface area contributed by atoms with Crippen molar-refractivity contribution in [3.05, 3.63) is 70.2 Å². The second kappa shape index (κ2) is 11.8. The lowest BCUT2D eigenvalue weighted by atomic mass is 10.0. The molecule has 180 valence electrons. The quantitative estimate of drug-likeness (QED) is 0.405. The molecule has 1 heterocycles. The van der Waals surface area contributed by atoms with Crippen LogP contribution in [0.2, 0.25) is 0 Å². The van der Waals surface area contributed by atoms with Crippen LogP contribution in [0.4, 0.5) is 0 Å². The fraction of sp³-hybridized carbons (Fsp3) is 0.346. The van der Waals surface area contributed by atoms with Crippen LogP contribution in [0.25, 0.3) is 10.6 Å². The summed E-state index contributed by atoms with van der Waals surface area (Å²) in [6, 6.07) is 15.2. The smallest absolute Gasteiger partial charge is 0.333 e. The van der Waals surface area contributed by atoms with Crippen molar-refractivity contribution in [2.45, 2.75) is 52.9 Å². The van der Waals surface area contributed by atoms with Gasteiger partial charge in [0.05, 0.1) is 12.7 Å². The summed E-state index contributed by atoms with van der Waals surface area (Å²) < 4.78 is 11.3. The summed E-state index contributed by atoms with van der Waals surface area (Å²) in [6.45, 7) is 8.07. The Kier molecular flexibility index (Phi) is 8.79. The SMILES string of the molecule is CCOc1ccc(CC(OC(C)C)C(=O)O)cc1CNC(=O)c1nc(-c2ccccc2)sc1C. The van der Waals surface area contributed by atoms with E-state index in [1.807, 2.05) is 56.3 Å². The van der Waals surface area contributed by atoms with Gasteiger partial charge in [0.15, 0.2) is 6.10 Å². The lowest BCUT2D eigenvalue weighted by Crippen LogP contribution is -2.29. The third-order valence-corrected chi connectivity index (χ3v) is 6.05. The van der Waals surface area contributed by atoms with E-state index >= 15 is 0 Å². The molecule has 0 aliphatic heterocycles. The average molecular weight is 483 g/mol. The minimum absolute atomic E-state index is 0.204. The van der Waals surface area contributed by atoms with E-state index in [9.17, 15) is 14.7 Å². The molecule has 0 saturated heterocycles. The number of carboxylic acid groups (broad SMARTS) is 1. The van der Waals surface area contributed by atoms with E-state index in [4.69, 9.17) is 9.47 Å². The zero-order valence-corrected chi connectivity index (χ0v) is 20.6. The molecule has 2 aromatic carbocycles. The standard InChI is InChI=1S/C26H30N2O5S/c1-5-32-21-12-11-18(14-22(26(30)31)33-16(2)3)13-20(21)15-27-24(29)23-17(4)34-25(28-23)19-9-7-6-8-10-19/h6-13,16,22H,5,14-15H2,1-4H3,(H,27,29)(H,30,31). The zero-order chi connectivity index (χ0) is 24.7. The van der Waals surface area contributed by atoms with E-state index in [1.54, 1.807) is 19.9 Å². The summed E-state index contributed by atoms with van der Waals surface area (Å²) in [4.78, 5) is 29.9. The highest BCUT2D eigenvalue weighted by Crippen LogP contribution is 2.28. The summed E-state index contributed by atoms with van der Waals surface area (Å²) in [5.41, 5.74) is 2.92. The predicted molar refractivity (Wildman–Crippen MR) is 132 cm³/mol. The Hall–Kier alpha value is -3.23.